The van der Waals surface area contributed by atoms with E-state index in [4.69, 9.17) is 11.6 Å². The van der Waals surface area contributed by atoms with Gasteiger partial charge in [0.2, 0.25) is 5.91 Å². The molecule has 1 atom stereocenters. The summed E-state index contributed by atoms with van der Waals surface area (Å²) in [5.74, 6) is 0.00722. The van der Waals surface area contributed by atoms with E-state index in [1.54, 1.807) is 6.07 Å². The Bertz CT molecular complexity index is 379. The van der Waals surface area contributed by atoms with Gasteiger partial charge in [-0.2, -0.15) is 0 Å². The SMILES string of the molecule is Cl.O=C(Nc1ccccc1Cl)C1CCCCN1. The topological polar surface area (TPSA) is 41.1 Å². The molecule has 2 N–H and O–H groups in total. The van der Waals surface area contributed by atoms with Crippen LogP contribution in [0.2, 0.25) is 5.02 Å². The zero-order chi connectivity index (χ0) is 11.4. The first-order chi connectivity index (χ1) is 7.77. The van der Waals surface area contributed by atoms with Crippen LogP contribution in [0.3, 0.4) is 0 Å². The Balaban J connectivity index is 0.00000144. The number of carbonyl (C=O) groups excluding carboxylic acids is 1. The molecule has 1 unspecified atom stereocenters. The second kappa shape index (κ2) is 6.84. The number of amides is 1. The second-order valence-electron chi connectivity index (χ2n) is 3.97. The van der Waals surface area contributed by atoms with Gasteiger partial charge in [0.1, 0.15) is 0 Å². The smallest absolute Gasteiger partial charge is 0.241 e. The molecule has 17 heavy (non-hydrogen) atoms. The zero-order valence-electron chi connectivity index (χ0n) is 9.41. The van der Waals surface area contributed by atoms with E-state index in [9.17, 15) is 4.79 Å². The summed E-state index contributed by atoms with van der Waals surface area (Å²) in [4.78, 5) is 11.9. The van der Waals surface area contributed by atoms with Crippen LogP contribution in [0.25, 0.3) is 0 Å². The fourth-order valence-corrected chi connectivity index (χ4v) is 2.04. The normalized spacial score (nSPS) is 19.2. The summed E-state index contributed by atoms with van der Waals surface area (Å²) in [6.45, 7) is 0.917. The molecular weight excluding hydrogens is 259 g/mol. The van der Waals surface area contributed by atoms with Crippen LogP contribution >= 0.6 is 24.0 Å². The Kier molecular flexibility index (Phi) is 5.75. The van der Waals surface area contributed by atoms with Gasteiger partial charge < -0.3 is 10.6 Å². The summed E-state index contributed by atoms with van der Waals surface area (Å²) in [6.07, 6.45) is 3.15. The van der Waals surface area contributed by atoms with Crippen molar-refractivity contribution >= 4 is 35.6 Å². The minimum Gasteiger partial charge on any atom is -0.323 e. The van der Waals surface area contributed by atoms with E-state index in [2.05, 4.69) is 10.6 Å². The number of rotatable bonds is 2. The van der Waals surface area contributed by atoms with Crippen LogP contribution < -0.4 is 10.6 Å². The zero-order valence-corrected chi connectivity index (χ0v) is 11.0. The lowest BCUT2D eigenvalue weighted by molar-refractivity contribution is -0.118. The van der Waals surface area contributed by atoms with Gasteiger partial charge in [0.05, 0.1) is 16.8 Å². The molecule has 1 amide bonds. The number of benzene rings is 1. The van der Waals surface area contributed by atoms with E-state index in [-0.39, 0.29) is 24.4 Å². The standard InChI is InChI=1S/C12H15ClN2O.ClH/c13-9-5-1-2-6-10(9)15-12(16)11-7-3-4-8-14-11;/h1-2,5-6,11,14H,3-4,7-8H2,(H,15,16);1H. The number of halogens is 2. The molecule has 1 heterocycles. The molecule has 1 saturated heterocycles. The number of piperidine rings is 1. The van der Waals surface area contributed by atoms with Gasteiger partial charge in [0, 0.05) is 0 Å². The van der Waals surface area contributed by atoms with Gasteiger partial charge in [-0.1, -0.05) is 30.2 Å². The third-order valence-corrected chi connectivity index (χ3v) is 3.09. The highest BCUT2D eigenvalue weighted by molar-refractivity contribution is 6.33. The summed E-state index contributed by atoms with van der Waals surface area (Å²) in [6, 6.07) is 7.20. The molecule has 0 spiro atoms. The number of carbonyl (C=O) groups is 1. The van der Waals surface area contributed by atoms with Gasteiger partial charge >= 0.3 is 0 Å². The fraction of sp³-hybridized carbons (Fsp3) is 0.417. The first kappa shape index (κ1) is 14.3. The van der Waals surface area contributed by atoms with Gasteiger partial charge in [0.25, 0.3) is 0 Å². The van der Waals surface area contributed by atoms with E-state index in [0.717, 1.165) is 25.8 Å². The van der Waals surface area contributed by atoms with Crippen molar-refractivity contribution in [2.45, 2.75) is 25.3 Å². The predicted octanol–water partition coefficient (Wildman–Crippen LogP) is 2.84. The second-order valence-corrected chi connectivity index (χ2v) is 4.38. The van der Waals surface area contributed by atoms with E-state index in [0.29, 0.717) is 10.7 Å². The van der Waals surface area contributed by atoms with Crippen LogP contribution in [0.4, 0.5) is 5.69 Å². The summed E-state index contributed by atoms with van der Waals surface area (Å²) in [7, 11) is 0. The van der Waals surface area contributed by atoms with Crippen molar-refractivity contribution in [2.24, 2.45) is 0 Å². The van der Waals surface area contributed by atoms with Gasteiger partial charge in [-0.3, -0.25) is 4.79 Å². The van der Waals surface area contributed by atoms with E-state index < -0.39 is 0 Å². The lowest BCUT2D eigenvalue weighted by atomic mass is 10.0. The molecule has 5 heteroatoms. The van der Waals surface area contributed by atoms with Crippen LogP contribution in [0.15, 0.2) is 24.3 Å². The lowest BCUT2D eigenvalue weighted by Gasteiger charge is -2.22. The number of anilines is 1. The molecule has 0 aliphatic carbocycles. The largest absolute Gasteiger partial charge is 0.323 e. The third kappa shape index (κ3) is 3.87. The monoisotopic (exact) mass is 274 g/mol. The number of nitrogens with one attached hydrogen (secondary N) is 2. The lowest BCUT2D eigenvalue weighted by Crippen LogP contribution is -2.43. The van der Waals surface area contributed by atoms with Crippen molar-refractivity contribution < 1.29 is 4.79 Å². The average molecular weight is 275 g/mol. The van der Waals surface area contributed by atoms with Crippen LogP contribution in [0.5, 0.6) is 0 Å². The first-order valence-corrected chi connectivity index (χ1v) is 5.94. The maximum absolute atomic E-state index is 11.9. The molecule has 1 aliphatic heterocycles. The van der Waals surface area contributed by atoms with Crippen LogP contribution in [-0.2, 0) is 4.79 Å². The molecule has 1 fully saturated rings. The number of hydrogen-bond acceptors (Lipinski definition) is 2. The highest BCUT2D eigenvalue weighted by Crippen LogP contribution is 2.21. The van der Waals surface area contributed by atoms with E-state index >= 15 is 0 Å². The maximum Gasteiger partial charge on any atom is 0.241 e. The Morgan fingerprint density at radius 1 is 1.35 bits per heavy atom. The summed E-state index contributed by atoms with van der Waals surface area (Å²) < 4.78 is 0. The summed E-state index contributed by atoms with van der Waals surface area (Å²) in [5.41, 5.74) is 0.682. The van der Waals surface area contributed by atoms with Crippen LogP contribution in [0.1, 0.15) is 19.3 Å². The van der Waals surface area contributed by atoms with Gasteiger partial charge in [-0.25, -0.2) is 0 Å². The van der Waals surface area contributed by atoms with Crippen LogP contribution in [-0.4, -0.2) is 18.5 Å². The predicted molar refractivity (Wildman–Crippen MR) is 73.0 cm³/mol. The molecular formula is C12H16Cl2N2O. The molecule has 1 aromatic rings. The van der Waals surface area contributed by atoms with Crippen molar-refractivity contribution in [2.75, 3.05) is 11.9 Å². The van der Waals surface area contributed by atoms with Crippen molar-refractivity contribution in [3.05, 3.63) is 29.3 Å². The molecule has 1 aliphatic rings. The summed E-state index contributed by atoms with van der Waals surface area (Å²) >= 11 is 5.97. The van der Waals surface area contributed by atoms with E-state index in [1.807, 2.05) is 18.2 Å². The molecule has 94 valence electrons. The van der Waals surface area contributed by atoms with Crippen molar-refractivity contribution in [1.29, 1.82) is 0 Å². The number of hydrogen-bond donors (Lipinski definition) is 2. The summed E-state index contributed by atoms with van der Waals surface area (Å²) in [5, 5.41) is 6.63. The highest BCUT2D eigenvalue weighted by Gasteiger charge is 2.20. The highest BCUT2D eigenvalue weighted by atomic mass is 35.5. The van der Waals surface area contributed by atoms with Gasteiger partial charge in [-0.05, 0) is 31.5 Å². The Morgan fingerprint density at radius 2 is 2.12 bits per heavy atom. The maximum atomic E-state index is 11.9. The quantitative estimate of drug-likeness (QED) is 0.871. The molecule has 3 nitrogen and oxygen atoms in total. The Morgan fingerprint density at radius 3 is 2.76 bits per heavy atom. The van der Waals surface area contributed by atoms with E-state index in [1.165, 1.54) is 0 Å². The third-order valence-electron chi connectivity index (χ3n) is 2.76. The minimum atomic E-state index is -0.0787. The fourth-order valence-electron chi connectivity index (χ4n) is 1.86. The molecule has 0 saturated carbocycles. The molecule has 0 radical (unpaired) electrons. The van der Waals surface area contributed by atoms with Gasteiger partial charge in [-0.15, -0.1) is 12.4 Å². The minimum absolute atomic E-state index is 0. The molecule has 1 aromatic carbocycles. The van der Waals surface area contributed by atoms with Crippen molar-refractivity contribution in [3.63, 3.8) is 0 Å². The first-order valence-electron chi connectivity index (χ1n) is 5.56. The van der Waals surface area contributed by atoms with Crippen LogP contribution in [0, 0.1) is 0 Å². The van der Waals surface area contributed by atoms with Crippen molar-refractivity contribution in [3.8, 4) is 0 Å². The average Bonchev–Trinajstić information content (AvgIpc) is 2.33. The number of para-hydroxylation sites is 1. The molecule has 2 rings (SSSR count). The van der Waals surface area contributed by atoms with Crippen molar-refractivity contribution in [1.82, 2.24) is 5.32 Å². The Labute approximate surface area is 112 Å². The molecule has 0 aromatic heterocycles. The molecule has 0 bridgehead atoms. The Hall–Kier alpha value is -0.770. The van der Waals surface area contributed by atoms with Gasteiger partial charge in [0.15, 0.2) is 0 Å².